The van der Waals surface area contributed by atoms with Crippen LogP contribution in [0.15, 0.2) is 30.5 Å². The summed E-state index contributed by atoms with van der Waals surface area (Å²) in [4.78, 5) is 20.8. The van der Waals surface area contributed by atoms with Crippen molar-refractivity contribution >= 4 is 22.8 Å². The lowest BCUT2D eigenvalue weighted by atomic mass is 9.88. The van der Waals surface area contributed by atoms with Gasteiger partial charge in [0, 0.05) is 17.3 Å². The summed E-state index contributed by atoms with van der Waals surface area (Å²) in [6, 6.07) is 8.28. The molecule has 0 unspecified atom stereocenters. The number of nitrogens with one attached hydrogen (secondary N) is 1. The minimum atomic E-state index is -0.463. The smallest absolute Gasteiger partial charge is 0.229 e. The first-order valence-electron chi connectivity index (χ1n) is 13.2. The van der Waals surface area contributed by atoms with E-state index in [2.05, 4.69) is 58.5 Å². The zero-order chi connectivity index (χ0) is 26.3. The largest absolute Gasteiger partial charge is 0.326 e. The molecule has 0 amide bonds. The summed E-state index contributed by atoms with van der Waals surface area (Å²) in [6.45, 7) is 15.9. The van der Waals surface area contributed by atoms with Crippen LogP contribution >= 0.6 is 0 Å². The first-order chi connectivity index (χ1) is 17.7. The number of piperidine rings is 1. The summed E-state index contributed by atoms with van der Waals surface area (Å²) in [5, 5.41) is 3.19. The van der Waals surface area contributed by atoms with Crippen LogP contribution in [0.1, 0.15) is 68.2 Å². The molecule has 1 fully saturated rings. The third-order valence-electron chi connectivity index (χ3n) is 7.54. The van der Waals surface area contributed by atoms with Crippen molar-refractivity contribution in [1.82, 2.24) is 29.4 Å². The van der Waals surface area contributed by atoms with Crippen LogP contribution < -0.4 is 5.32 Å². The molecular formula is C29H36FN7. The Kier molecular flexibility index (Phi) is 6.94. The Morgan fingerprint density at radius 2 is 1.81 bits per heavy atom. The van der Waals surface area contributed by atoms with Gasteiger partial charge in [0.25, 0.3) is 0 Å². The Hall–Kier alpha value is -3.39. The number of aryl methyl sites for hydroxylation is 3. The van der Waals surface area contributed by atoms with E-state index >= 15 is 0 Å². The normalized spacial score (nSPS) is 15.1. The zero-order valence-electron chi connectivity index (χ0n) is 22.6. The van der Waals surface area contributed by atoms with E-state index in [-0.39, 0.29) is 11.7 Å². The molecule has 0 bridgehead atoms. The van der Waals surface area contributed by atoms with E-state index in [0.717, 1.165) is 60.6 Å². The van der Waals surface area contributed by atoms with Gasteiger partial charge in [-0.15, -0.1) is 0 Å². The second kappa shape index (κ2) is 10.2. The zero-order valence-corrected chi connectivity index (χ0v) is 22.6. The number of nitrogens with zero attached hydrogens (tertiary/aromatic N) is 6. The number of likely N-dealkylation sites (tertiary alicyclic amines) is 1. The molecule has 0 spiro atoms. The van der Waals surface area contributed by atoms with Gasteiger partial charge in [-0.2, -0.15) is 0 Å². The molecule has 0 atom stereocenters. The van der Waals surface area contributed by atoms with E-state index in [4.69, 9.17) is 9.97 Å². The number of hydrogen-bond donors (Lipinski definition) is 1. The van der Waals surface area contributed by atoms with E-state index in [0.29, 0.717) is 23.2 Å². The van der Waals surface area contributed by atoms with Gasteiger partial charge in [-0.05, 0) is 102 Å². The van der Waals surface area contributed by atoms with E-state index in [1.807, 2.05) is 32.0 Å². The average molecular weight is 502 g/mol. The van der Waals surface area contributed by atoms with Crippen molar-refractivity contribution in [2.45, 2.75) is 66.3 Å². The highest BCUT2D eigenvalue weighted by molar-refractivity contribution is 5.85. The highest BCUT2D eigenvalue weighted by atomic mass is 19.1. The number of imidazole rings is 1. The van der Waals surface area contributed by atoms with Gasteiger partial charge in [0.05, 0.1) is 17.2 Å². The second-order valence-electron chi connectivity index (χ2n) is 10.4. The summed E-state index contributed by atoms with van der Waals surface area (Å²) in [6.07, 6.45) is 3.54. The molecule has 37 heavy (non-hydrogen) atoms. The van der Waals surface area contributed by atoms with Gasteiger partial charge < -0.3 is 14.8 Å². The Morgan fingerprint density at radius 3 is 2.49 bits per heavy atom. The quantitative estimate of drug-likeness (QED) is 0.326. The van der Waals surface area contributed by atoms with Crippen LogP contribution in [0, 0.1) is 26.6 Å². The molecule has 1 saturated heterocycles. The number of pyridine rings is 1. The third kappa shape index (κ3) is 4.94. The number of fused-ring (bicyclic) bond motifs is 1. The standard InChI is InChI=1S/C29H36FN7/c1-7-36-12-10-21(11-13-36)23-8-9-26(32-19(23)5)34-29-31-16-24(30)28(35-29)22-14-18(4)27-25(15-22)37(17(2)3)20(6)33-27/h8-9,14-17,21H,7,10-13H2,1-6H3,(H,31,32,34,35). The maximum atomic E-state index is 15.0. The van der Waals surface area contributed by atoms with Crippen molar-refractivity contribution in [3.05, 3.63) is 58.9 Å². The van der Waals surface area contributed by atoms with E-state index < -0.39 is 5.82 Å². The molecular weight excluding hydrogens is 465 g/mol. The third-order valence-corrected chi connectivity index (χ3v) is 7.54. The van der Waals surface area contributed by atoms with Crippen LogP contribution in [0.3, 0.4) is 0 Å². The van der Waals surface area contributed by atoms with Crippen LogP contribution in [0.25, 0.3) is 22.3 Å². The molecule has 8 heteroatoms. The fourth-order valence-corrected chi connectivity index (χ4v) is 5.65. The van der Waals surface area contributed by atoms with Crippen LogP contribution in [0.5, 0.6) is 0 Å². The maximum Gasteiger partial charge on any atom is 0.229 e. The van der Waals surface area contributed by atoms with Crippen molar-refractivity contribution in [3.8, 4) is 11.3 Å². The molecule has 3 aromatic heterocycles. The van der Waals surface area contributed by atoms with E-state index in [1.54, 1.807) is 0 Å². The Bertz CT molecular complexity index is 1430. The van der Waals surface area contributed by atoms with Gasteiger partial charge in [0.1, 0.15) is 17.3 Å². The molecule has 194 valence electrons. The molecule has 1 aromatic carbocycles. The number of rotatable bonds is 6. The monoisotopic (exact) mass is 501 g/mol. The number of anilines is 2. The summed E-state index contributed by atoms with van der Waals surface area (Å²) in [5.41, 5.74) is 6.18. The molecule has 7 nitrogen and oxygen atoms in total. The van der Waals surface area contributed by atoms with Crippen molar-refractivity contribution in [1.29, 1.82) is 0 Å². The molecule has 1 N–H and O–H groups in total. The van der Waals surface area contributed by atoms with E-state index in [1.165, 1.54) is 11.8 Å². The SMILES string of the molecule is CCN1CCC(c2ccc(Nc3ncc(F)c(-c4cc(C)c5nc(C)n(C(C)C)c5c4)n3)nc2C)CC1. The first kappa shape index (κ1) is 25.3. The lowest BCUT2D eigenvalue weighted by Gasteiger charge is -2.31. The summed E-state index contributed by atoms with van der Waals surface area (Å²) < 4.78 is 17.1. The predicted octanol–water partition coefficient (Wildman–Crippen LogP) is 6.48. The molecule has 1 aliphatic heterocycles. The number of hydrogen-bond acceptors (Lipinski definition) is 6. The fourth-order valence-electron chi connectivity index (χ4n) is 5.65. The topological polar surface area (TPSA) is 71.8 Å². The van der Waals surface area contributed by atoms with Crippen molar-refractivity contribution in [3.63, 3.8) is 0 Å². The van der Waals surface area contributed by atoms with Gasteiger partial charge in [0.15, 0.2) is 5.82 Å². The van der Waals surface area contributed by atoms with Gasteiger partial charge in [-0.25, -0.2) is 24.3 Å². The van der Waals surface area contributed by atoms with Gasteiger partial charge in [0.2, 0.25) is 5.95 Å². The van der Waals surface area contributed by atoms with Gasteiger partial charge in [-0.3, -0.25) is 0 Å². The lowest BCUT2D eigenvalue weighted by Crippen LogP contribution is -2.32. The number of aromatic nitrogens is 5. The van der Waals surface area contributed by atoms with Crippen molar-refractivity contribution in [2.24, 2.45) is 0 Å². The van der Waals surface area contributed by atoms with E-state index in [9.17, 15) is 4.39 Å². The predicted molar refractivity (Wildman–Crippen MR) is 147 cm³/mol. The first-order valence-corrected chi connectivity index (χ1v) is 13.2. The number of benzene rings is 1. The molecule has 4 heterocycles. The maximum absolute atomic E-state index is 15.0. The van der Waals surface area contributed by atoms with Gasteiger partial charge >= 0.3 is 0 Å². The molecule has 1 aliphatic rings. The van der Waals surface area contributed by atoms with Crippen molar-refractivity contribution in [2.75, 3.05) is 25.0 Å². The number of halogens is 1. The van der Waals surface area contributed by atoms with Gasteiger partial charge in [-0.1, -0.05) is 13.0 Å². The van der Waals surface area contributed by atoms with Crippen molar-refractivity contribution < 1.29 is 4.39 Å². The summed E-state index contributed by atoms with van der Waals surface area (Å²) in [7, 11) is 0. The Morgan fingerprint density at radius 1 is 1.05 bits per heavy atom. The minimum absolute atomic E-state index is 0.239. The average Bonchev–Trinajstić information content (AvgIpc) is 3.22. The molecule has 4 aromatic rings. The Labute approximate surface area is 218 Å². The van der Waals surface area contributed by atoms with Crippen LogP contribution in [0.4, 0.5) is 16.2 Å². The Balaban J connectivity index is 1.42. The van der Waals surface area contributed by atoms with Crippen LogP contribution in [0.2, 0.25) is 0 Å². The summed E-state index contributed by atoms with van der Waals surface area (Å²) >= 11 is 0. The minimum Gasteiger partial charge on any atom is -0.326 e. The molecule has 0 saturated carbocycles. The molecule has 5 rings (SSSR count). The summed E-state index contributed by atoms with van der Waals surface area (Å²) in [5.74, 6) is 1.99. The lowest BCUT2D eigenvalue weighted by molar-refractivity contribution is 0.222. The highest BCUT2D eigenvalue weighted by Crippen LogP contribution is 2.32. The second-order valence-corrected chi connectivity index (χ2v) is 10.4. The fraction of sp³-hybridized carbons (Fsp3) is 0.448. The molecule has 0 aliphatic carbocycles. The van der Waals surface area contributed by atoms with Crippen LogP contribution in [-0.4, -0.2) is 49.0 Å². The van der Waals surface area contributed by atoms with Crippen LogP contribution in [-0.2, 0) is 0 Å². The highest BCUT2D eigenvalue weighted by Gasteiger charge is 2.22. The molecule has 0 radical (unpaired) electrons.